The van der Waals surface area contributed by atoms with Crippen molar-refractivity contribution < 1.29 is 15.0 Å². The Labute approximate surface area is 136 Å². The Morgan fingerprint density at radius 3 is 2.25 bits per heavy atom. The van der Waals surface area contributed by atoms with Gasteiger partial charge in [-0.15, -0.1) is 0 Å². The van der Waals surface area contributed by atoms with Gasteiger partial charge in [-0.1, -0.05) is 0 Å². The molecule has 0 atom stereocenters. The molecular formula is C15H14N4O5. The number of anilines is 1. The molecule has 0 aliphatic rings. The Kier molecular flexibility index (Phi) is 4.73. The molecule has 0 saturated heterocycles. The topological polar surface area (TPSA) is 131 Å². The van der Waals surface area contributed by atoms with Gasteiger partial charge in [0.2, 0.25) is 0 Å². The van der Waals surface area contributed by atoms with Gasteiger partial charge in [-0.05, 0) is 48.7 Å². The average Bonchev–Trinajstić information content (AvgIpc) is 2.52. The SMILES string of the molecule is Cc1cc(/C=N\Nc2ccc([N+](=O)[O-])cc2[N+](=O)[O-])cc(C)c1O. The fraction of sp³-hybridized carbons (Fsp3) is 0.133. The van der Waals surface area contributed by atoms with E-state index >= 15 is 0 Å². The van der Waals surface area contributed by atoms with Crippen LogP contribution in [0.3, 0.4) is 0 Å². The molecule has 0 aromatic heterocycles. The van der Waals surface area contributed by atoms with Crippen molar-refractivity contribution in [1.29, 1.82) is 0 Å². The monoisotopic (exact) mass is 330 g/mol. The van der Waals surface area contributed by atoms with Crippen molar-refractivity contribution >= 4 is 23.3 Å². The number of hydrogen-bond donors (Lipinski definition) is 2. The highest BCUT2D eigenvalue weighted by Gasteiger charge is 2.19. The van der Waals surface area contributed by atoms with Crippen molar-refractivity contribution in [3.8, 4) is 5.75 Å². The van der Waals surface area contributed by atoms with E-state index in [1.807, 2.05) is 0 Å². The van der Waals surface area contributed by atoms with Gasteiger partial charge in [0.1, 0.15) is 11.4 Å². The molecule has 2 N–H and O–H groups in total. The quantitative estimate of drug-likeness (QED) is 0.491. The summed E-state index contributed by atoms with van der Waals surface area (Å²) in [5.74, 6) is 0.200. The third-order valence-corrected chi connectivity index (χ3v) is 3.30. The van der Waals surface area contributed by atoms with E-state index in [9.17, 15) is 25.3 Å². The van der Waals surface area contributed by atoms with Crippen LogP contribution in [0.2, 0.25) is 0 Å². The first-order valence-corrected chi connectivity index (χ1v) is 6.81. The van der Waals surface area contributed by atoms with Crippen LogP contribution in [0, 0.1) is 34.1 Å². The second kappa shape index (κ2) is 6.73. The minimum Gasteiger partial charge on any atom is -0.507 e. The highest BCUT2D eigenvalue weighted by molar-refractivity contribution is 5.82. The molecule has 124 valence electrons. The van der Waals surface area contributed by atoms with E-state index in [0.717, 1.165) is 12.1 Å². The van der Waals surface area contributed by atoms with Gasteiger partial charge in [-0.3, -0.25) is 25.7 Å². The van der Waals surface area contributed by atoms with Crippen molar-refractivity contribution in [2.75, 3.05) is 5.43 Å². The molecule has 0 bridgehead atoms. The first-order valence-electron chi connectivity index (χ1n) is 6.81. The molecule has 0 saturated carbocycles. The zero-order chi connectivity index (χ0) is 17.9. The van der Waals surface area contributed by atoms with Crippen LogP contribution in [-0.2, 0) is 0 Å². The molecule has 0 aliphatic carbocycles. The zero-order valence-corrected chi connectivity index (χ0v) is 12.9. The molecule has 0 fully saturated rings. The summed E-state index contributed by atoms with van der Waals surface area (Å²) in [5.41, 5.74) is 3.77. The molecule has 0 radical (unpaired) electrons. The van der Waals surface area contributed by atoms with Gasteiger partial charge in [-0.2, -0.15) is 5.10 Å². The van der Waals surface area contributed by atoms with E-state index in [2.05, 4.69) is 10.5 Å². The fourth-order valence-corrected chi connectivity index (χ4v) is 2.12. The maximum Gasteiger partial charge on any atom is 0.301 e. The number of non-ortho nitro benzene ring substituents is 1. The molecule has 0 heterocycles. The Balaban J connectivity index is 2.25. The van der Waals surface area contributed by atoms with Gasteiger partial charge in [-0.25, -0.2) is 0 Å². The smallest absolute Gasteiger partial charge is 0.301 e. The molecule has 9 heteroatoms. The lowest BCUT2D eigenvalue weighted by Gasteiger charge is -2.05. The number of phenolic OH excluding ortho intramolecular Hbond substituents is 1. The molecule has 24 heavy (non-hydrogen) atoms. The van der Waals surface area contributed by atoms with Gasteiger partial charge < -0.3 is 5.11 Å². The number of nitrogens with zero attached hydrogens (tertiary/aromatic N) is 3. The van der Waals surface area contributed by atoms with E-state index in [1.54, 1.807) is 26.0 Å². The normalized spacial score (nSPS) is 10.8. The summed E-state index contributed by atoms with van der Waals surface area (Å²) in [6.07, 6.45) is 1.44. The third kappa shape index (κ3) is 3.64. The Hall–Kier alpha value is -3.49. The van der Waals surface area contributed by atoms with Crippen molar-refractivity contribution in [3.63, 3.8) is 0 Å². The predicted molar refractivity (Wildman–Crippen MR) is 88.5 cm³/mol. The first kappa shape index (κ1) is 16.9. The van der Waals surface area contributed by atoms with Crippen LogP contribution in [-0.4, -0.2) is 21.2 Å². The maximum atomic E-state index is 11.0. The van der Waals surface area contributed by atoms with E-state index in [4.69, 9.17) is 0 Å². The molecular weight excluding hydrogens is 316 g/mol. The second-order valence-corrected chi connectivity index (χ2v) is 5.09. The number of benzene rings is 2. The predicted octanol–water partition coefficient (Wildman–Crippen LogP) is 3.27. The molecule has 2 rings (SSSR count). The largest absolute Gasteiger partial charge is 0.507 e. The molecule has 0 spiro atoms. The highest BCUT2D eigenvalue weighted by Crippen LogP contribution is 2.29. The number of hydrazone groups is 1. The van der Waals surface area contributed by atoms with Crippen LogP contribution in [0.4, 0.5) is 17.1 Å². The summed E-state index contributed by atoms with van der Waals surface area (Å²) in [6, 6.07) is 6.66. The Bertz CT molecular complexity index is 825. The number of nitro benzene ring substituents is 2. The second-order valence-electron chi connectivity index (χ2n) is 5.09. The molecule has 0 aliphatic heterocycles. The molecule has 2 aromatic rings. The van der Waals surface area contributed by atoms with Crippen LogP contribution in [0.5, 0.6) is 5.75 Å². The van der Waals surface area contributed by atoms with Gasteiger partial charge in [0, 0.05) is 6.07 Å². The number of aryl methyl sites for hydroxylation is 2. The average molecular weight is 330 g/mol. The highest BCUT2D eigenvalue weighted by atomic mass is 16.6. The standard InChI is InChI=1S/C15H14N4O5/c1-9-5-11(6-10(2)15(9)20)8-16-17-13-4-3-12(18(21)22)7-14(13)19(23)24/h3-8,17,20H,1-2H3/b16-8-. The minimum absolute atomic E-state index is 0.0362. The van der Waals surface area contributed by atoms with Crippen LogP contribution >= 0.6 is 0 Å². The summed E-state index contributed by atoms with van der Waals surface area (Å²) < 4.78 is 0. The van der Waals surface area contributed by atoms with E-state index in [1.165, 1.54) is 12.3 Å². The fourth-order valence-electron chi connectivity index (χ4n) is 2.12. The molecule has 0 amide bonds. The summed E-state index contributed by atoms with van der Waals surface area (Å²) in [5, 5.41) is 35.3. The Morgan fingerprint density at radius 2 is 1.71 bits per heavy atom. The van der Waals surface area contributed by atoms with Crippen molar-refractivity contribution in [2.45, 2.75) is 13.8 Å². The number of nitrogens with one attached hydrogen (secondary N) is 1. The lowest BCUT2D eigenvalue weighted by atomic mass is 10.1. The Morgan fingerprint density at radius 1 is 1.08 bits per heavy atom. The van der Waals surface area contributed by atoms with Gasteiger partial charge in [0.25, 0.3) is 5.69 Å². The molecule has 0 unspecified atom stereocenters. The lowest BCUT2D eigenvalue weighted by Crippen LogP contribution is -1.99. The van der Waals surface area contributed by atoms with Crippen LogP contribution in [0.25, 0.3) is 0 Å². The van der Waals surface area contributed by atoms with Crippen LogP contribution in [0.1, 0.15) is 16.7 Å². The summed E-state index contributed by atoms with van der Waals surface area (Å²) in [4.78, 5) is 20.3. The zero-order valence-electron chi connectivity index (χ0n) is 12.9. The van der Waals surface area contributed by atoms with E-state index in [0.29, 0.717) is 16.7 Å². The first-order chi connectivity index (χ1) is 11.3. The molecule has 9 nitrogen and oxygen atoms in total. The summed E-state index contributed by atoms with van der Waals surface area (Å²) in [6.45, 7) is 3.49. The van der Waals surface area contributed by atoms with E-state index < -0.39 is 15.5 Å². The van der Waals surface area contributed by atoms with Gasteiger partial charge in [0.05, 0.1) is 22.1 Å². The molecule has 2 aromatic carbocycles. The van der Waals surface area contributed by atoms with E-state index in [-0.39, 0.29) is 17.1 Å². The number of aromatic hydroxyl groups is 1. The number of nitro groups is 2. The third-order valence-electron chi connectivity index (χ3n) is 3.30. The van der Waals surface area contributed by atoms with Gasteiger partial charge >= 0.3 is 5.69 Å². The minimum atomic E-state index is -0.723. The maximum absolute atomic E-state index is 11.0. The lowest BCUT2D eigenvalue weighted by molar-refractivity contribution is -0.393. The number of hydrogen-bond acceptors (Lipinski definition) is 7. The van der Waals surface area contributed by atoms with Crippen molar-refractivity contribution in [1.82, 2.24) is 0 Å². The number of phenols is 1. The van der Waals surface area contributed by atoms with Crippen LogP contribution < -0.4 is 5.43 Å². The number of rotatable bonds is 5. The summed E-state index contributed by atoms with van der Waals surface area (Å²) >= 11 is 0. The van der Waals surface area contributed by atoms with Crippen LogP contribution in [0.15, 0.2) is 35.4 Å². The summed E-state index contributed by atoms with van der Waals surface area (Å²) in [7, 11) is 0. The van der Waals surface area contributed by atoms with Gasteiger partial charge in [0.15, 0.2) is 0 Å². The van der Waals surface area contributed by atoms with Crippen molar-refractivity contribution in [2.24, 2.45) is 5.10 Å². The van der Waals surface area contributed by atoms with Crippen molar-refractivity contribution in [3.05, 3.63) is 67.3 Å².